The molecule has 0 spiro atoms. The summed E-state index contributed by atoms with van der Waals surface area (Å²) in [7, 11) is 0. The summed E-state index contributed by atoms with van der Waals surface area (Å²) < 4.78 is 5.22. The van der Waals surface area contributed by atoms with Gasteiger partial charge in [0.15, 0.2) is 5.78 Å². The summed E-state index contributed by atoms with van der Waals surface area (Å²) in [5, 5.41) is 0. The first kappa shape index (κ1) is 14.8. The molecule has 0 aliphatic heterocycles. The minimum absolute atomic E-state index is 0.0209. The van der Waals surface area contributed by atoms with Crippen molar-refractivity contribution in [2.24, 2.45) is 0 Å². The highest BCUT2D eigenvalue weighted by molar-refractivity contribution is 5.94. The van der Waals surface area contributed by atoms with Crippen molar-refractivity contribution >= 4 is 17.4 Å². The van der Waals surface area contributed by atoms with Crippen LogP contribution in [0.5, 0.6) is 5.75 Å². The minimum atomic E-state index is -0.325. The molecule has 0 saturated heterocycles. The van der Waals surface area contributed by atoms with Gasteiger partial charge in [-0.25, -0.2) is 0 Å². The van der Waals surface area contributed by atoms with Gasteiger partial charge in [-0.1, -0.05) is 18.2 Å². The Hall–Kier alpha value is -2.62. The fraction of sp³-hybridized carbons (Fsp3) is 0.176. The highest BCUT2D eigenvalue weighted by Gasteiger charge is 2.07. The summed E-state index contributed by atoms with van der Waals surface area (Å²) in [6.45, 7) is 1.49. The summed E-state index contributed by atoms with van der Waals surface area (Å²) in [5.41, 5.74) is 8.02. The van der Waals surface area contributed by atoms with E-state index in [0.717, 1.165) is 5.56 Å². The Labute approximate surface area is 123 Å². The number of hydrogen-bond acceptors (Lipinski definition) is 4. The number of Topliss-reactive ketones (excluding diaryl/α,β-unsaturated/α-hetero) is 1. The Morgan fingerprint density at radius 1 is 1.05 bits per heavy atom. The van der Waals surface area contributed by atoms with E-state index in [1.807, 2.05) is 18.2 Å². The molecule has 2 aromatic carbocycles. The first-order valence-electron chi connectivity index (χ1n) is 6.71. The quantitative estimate of drug-likeness (QED) is 0.396. The van der Waals surface area contributed by atoms with Crippen LogP contribution in [0.2, 0.25) is 0 Å². The number of ether oxygens (including phenoxy) is 1. The third-order valence-electron chi connectivity index (χ3n) is 3.15. The van der Waals surface area contributed by atoms with Gasteiger partial charge < -0.3 is 10.5 Å². The predicted octanol–water partition coefficient (Wildman–Crippen LogP) is 3.01. The van der Waals surface area contributed by atoms with Crippen LogP contribution in [0.4, 0.5) is 5.69 Å². The van der Waals surface area contributed by atoms with Gasteiger partial charge in [0.25, 0.3) is 0 Å². The van der Waals surface area contributed by atoms with Crippen molar-refractivity contribution in [3.05, 3.63) is 59.7 Å². The number of carbonyl (C=O) groups excluding carboxylic acids is 2. The number of rotatable bonds is 5. The molecule has 0 radical (unpaired) electrons. The van der Waals surface area contributed by atoms with E-state index in [9.17, 15) is 9.59 Å². The molecule has 0 saturated carbocycles. The second-order valence-corrected chi connectivity index (χ2v) is 4.75. The molecule has 0 heterocycles. The van der Waals surface area contributed by atoms with Crippen molar-refractivity contribution in [3.8, 4) is 5.75 Å². The van der Waals surface area contributed by atoms with Crippen LogP contribution in [-0.2, 0) is 11.2 Å². The van der Waals surface area contributed by atoms with E-state index in [4.69, 9.17) is 10.5 Å². The van der Waals surface area contributed by atoms with Gasteiger partial charge in [0.1, 0.15) is 5.75 Å². The zero-order valence-corrected chi connectivity index (χ0v) is 11.8. The number of anilines is 1. The fourth-order valence-corrected chi connectivity index (χ4v) is 1.94. The number of hydrogen-bond donors (Lipinski definition) is 1. The molecular weight excluding hydrogens is 266 g/mol. The molecule has 4 nitrogen and oxygen atoms in total. The Kier molecular flexibility index (Phi) is 4.72. The molecule has 0 aliphatic carbocycles. The molecule has 0 aromatic heterocycles. The van der Waals surface area contributed by atoms with Gasteiger partial charge in [-0.05, 0) is 49.2 Å². The average Bonchev–Trinajstić information content (AvgIpc) is 2.47. The van der Waals surface area contributed by atoms with Crippen LogP contribution in [0, 0.1) is 0 Å². The van der Waals surface area contributed by atoms with Gasteiger partial charge in [0.05, 0.1) is 6.42 Å². The standard InChI is InChI=1S/C17H17NO3/c1-12(19)13-6-9-15(10-7-13)21-17(20)11-8-14-4-2-3-5-16(14)18/h2-7,9-10H,8,11,18H2,1H3. The number of nitrogen functional groups attached to an aromatic ring is 1. The highest BCUT2D eigenvalue weighted by atomic mass is 16.5. The van der Waals surface area contributed by atoms with Gasteiger partial charge in [-0.3, -0.25) is 9.59 Å². The predicted molar refractivity (Wildman–Crippen MR) is 81.3 cm³/mol. The van der Waals surface area contributed by atoms with Crippen molar-refractivity contribution in [1.29, 1.82) is 0 Å². The lowest BCUT2D eigenvalue weighted by atomic mass is 10.1. The highest BCUT2D eigenvalue weighted by Crippen LogP contribution is 2.16. The lowest BCUT2D eigenvalue weighted by molar-refractivity contribution is -0.134. The molecule has 2 aromatic rings. The van der Waals surface area contributed by atoms with Crippen LogP contribution in [0.1, 0.15) is 29.3 Å². The zero-order valence-electron chi connectivity index (χ0n) is 11.8. The van der Waals surface area contributed by atoms with Gasteiger partial charge in [-0.2, -0.15) is 0 Å². The van der Waals surface area contributed by atoms with Crippen molar-refractivity contribution in [2.75, 3.05) is 5.73 Å². The Morgan fingerprint density at radius 3 is 2.33 bits per heavy atom. The largest absolute Gasteiger partial charge is 0.427 e. The fourth-order valence-electron chi connectivity index (χ4n) is 1.94. The lowest BCUT2D eigenvalue weighted by Crippen LogP contribution is -2.09. The number of para-hydroxylation sites is 1. The molecule has 0 amide bonds. The second kappa shape index (κ2) is 6.70. The number of carbonyl (C=O) groups is 2. The van der Waals surface area contributed by atoms with E-state index in [1.54, 1.807) is 30.3 Å². The summed E-state index contributed by atoms with van der Waals surface area (Å²) in [6, 6.07) is 14.0. The topological polar surface area (TPSA) is 69.4 Å². The average molecular weight is 283 g/mol. The molecule has 0 unspecified atom stereocenters. The smallest absolute Gasteiger partial charge is 0.311 e. The van der Waals surface area contributed by atoms with Crippen LogP contribution in [0.25, 0.3) is 0 Å². The maximum absolute atomic E-state index is 11.8. The van der Waals surface area contributed by atoms with E-state index in [-0.39, 0.29) is 18.2 Å². The van der Waals surface area contributed by atoms with Crippen LogP contribution in [0.15, 0.2) is 48.5 Å². The minimum Gasteiger partial charge on any atom is -0.427 e. The van der Waals surface area contributed by atoms with Crippen molar-refractivity contribution < 1.29 is 14.3 Å². The summed E-state index contributed by atoms with van der Waals surface area (Å²) in [6.07, 6.45) is 0.791. The number of nitrogens with two attached hydrogens (primary N) is 1. The first-order chi connectivity index (χ1) is 10.1. The number of aryl methyl sites for hydroxylation is 1. The van der Waals surface area contributed by atoms with E-state index in [2.05, 4.69) is 0 Å². The Bertz CT molecular complexity index is 647. The van der Waals surface area contributed by atoms with Gasteiger partial charge in [0.2, 0.25) is 0 Å². The monoisotopic (exact) mass is 283 g/mol. The van der Waals surface area contributed by atoms with Crippen LogP contribution >= 0.6 is 0 Å². The van der Waals surface area contributed by atoms with Gasteiger partial charge >= 0.3 is 5.97 Å². The van der Waals surface area contributed by atoms with Crippen molar-refractivity contribution in [2.45, 2.75) is 19.8 Å². The zero-order chi connectivity index (χ0) is 15.2. The maximum atomic E-state index is 11.8. The molecule has 2 N–H and O–H groups in total. The first-order valence-corrected chi connectivity index (χ1v) is 6.71. The SMILES string of the molecule is CC(=O)c1ccc(OC(=O)CCc2ccccc2N)cc1. The van der Waals surface area contributed by atoms with Crippen LogP contribution < -0.4 is 10.5 Å². The molecule has 0 fully saturated rings. The Morgan fingerprint density at radius 2 is 1.71 bits per heavy atom. The van der Waals surface area contributed by atoms with Gasteiger partial charge in [0, 0.05) is 11.3 Å². The van der Waals surface area contributed by atoms with Gasteiger partial charge in [-0.15, -0.1) is 0 Å². The van der Waals surface area contributed by atoms with E-state index >= 15 is 0 Å². The number of esters is 1. The van der Waals surface area contributed by atoms with E-state index in [0.29, 0.717) is 23.4 Å². The van der Waals surface area contributed by atoms with E-state index < -0.39 is 0 Å². The lowest BCUT2D eigenvalue weighted by Gasteiger charge is -2.06. The third kappa shape index (κ3) is 4.18. The molecule has 2 rings (SSSR count). The summed E-state index contributed by atoms with van der Waals surface area (Å²) >= 11 is 0. The molecule has 4 heteroatoms. The molecule has 0 aliphatic rings. The number of benzene rings is 2. The molecule has 21 heavy (non-hydrogen) atoms. The number of ketones is 1. The second-order valence-electron chi connectivity index (χ2n) is 4.75. The third-order valence-corrected chi connectivity index (χ3v) is 3.15. The van der Waals surface area contributed by atoms with Crippen molar-refractivity contribution in [1.82, 2.24) is 0 Å². The molecular formula is C17H17NO3. The summed E-state index contributed by atoms with van der Waals surface area (Å²) in [5.74, 6) is 0.0901. The summed E-state index contributed by atoms with van der Waals surface area (Å²) in [4.78, 5) is 22.9. The van der Waals surface area contributed by atoms with Crippen molar-refractivity contribution in [3.63, 3.8) is 0 Å². The Balaban J connectivity index is 1.90. The van der Waals surface area contributed by atoms with Crippen LogP contribution in [-0.4, -0.2) is 11.8 Å². The normalized spacial score (nSPS) is 10.1. The maximum Gasteiger partial charge on any atom is 0.311 e. The molecule has 0 atom stereocenters. The molecule has 0 bridgehead atoms. The van der Waals surface area contributed by atoms with Crippen LogP contribution in [0.3, 0.4) is 0 Å². The van der Waals surface area contributed by atoms with E-state index in [1.165, 1.54) is 6.92 Å². The molecule has 108 valence electrons.